The molecule has 0 unspecified atom stereocenters. The fourth-order valence-electron chi connectivity index (χ4n) is 5.51. The minimum Gasteiger partial charge on any atom is -0.456 e. The first-order valence-corrected chi connectivity index (χ1v) is 11.6. The highest BCUT2D eigenvalue weighted by Crippen LogP contribution is 2.39. The van der Waals surface area contributed by atoms with Crippen molar-refractivity contribution in [2.75, 3.05) is 0 Å². The summed E-state index contributed by atoms with van der Waals surface area (Å²) in [4.78, 5) is 13.0. The lowest BCUT2D eigenvalue weighted by Gasteiger charge is -2.10. The average Bonchev–Trinajstić information content (AvgIpc) is 3.44. The number of furan rings is 1. The van der Waals surface area contributed by atoms with Gasteiger partial charge in [0.2, 0.25) is 0 Å². The molecule has 0 atom stereocenters. The molecule has 0 aliphatic rings. The second-order valence-corrected chi connectivity index (χ2v) is 8.90. The molecule has 0 bridgehead atoms. The minimum atomic E-state index is -0.325. The van der Waals surface area contributed by atoms with Crippen molar-refractivity contribution >= 4 is 65.5 Å². The number of aromatic nitrogens is 1. The van der Waals surface area contributed by atoms with E-state index in [0.29, 0.717) is 11.0 Å². The van der Waals surface area contributed by atoms with Gasteiger partial charge in [-0.15, -0.1) is 0 Å². The summed E-state index contributed by atoms with van der Waals surface area (Å²) in [6.45, 7) is 0. The van der Waals surface area contributed by atoms with Crippen LogP contribution in [0.4, 0.5) is 0 Å². The highest BCUT2D eigenvalue weighted by Gasteiger charge is 2.19. The van der Waals surface area contributed by atoms with Gasteiger partial charge in [-0.2, -0.15) is 0 Å². The van der Waals surface area contributed by atoms with Crippen LogP contribution in [-0.2, 0) is 0 Å². The Hall–Kier alpha value is -4.83. The van der Waals surface area contributed by atoms with Crippen LogP contribution in [0.5, 0.6) is 0 Å². The van der Waals surface area contributed by atoms with Crippen molar-refractivity contribution in [3.63, 3.8) is 0 Å². The molecule has 0 aliphatic carbocycles. The van der Waals surface area contributed by atoms with Crippen LogP contribution in [0.1, 0.15) is 0 Å². The Balaban J connectivity index is 1.59. The van der Waals surface area contributed by atoms with Crippen LogP contribution in [0.3, 0.4) is 0 Å². The highest BCUT2D eigenvalue weighted by molar-refractivity contribution is 6.21. The standard InChI is InChI=1S/C31H17NO3/c33-31-24-10-2-1-7-19(24)23-15-14-22-20-8-3-5-11-26(20)32(29(22)30(23)35-31)18-13-16-28-25(17-18)21-9-4-6-12-27(21)34-28/h1-17H. The zero-order chi connectivity index (χ0) is 23.1. The molecule has 0 radical (unpaired) electrons. The molecule has 0 spiro atoms. The molecule has 5 aromatic carbocycles. The van der Waals surface area contributed by atoms with Gasteiger partial charge in [0.1, 0.15) is 11.2 Å². The van der Waals surface area contributed by atoms with E-state index >= 15 is 0 Å². The van der Waals surface area contributed by atoms with Gasteiger partial charge >= 0.3 is 5.63 Å². The highest BCUT2D eigenvalue weighted by atomic mass is 16.4. The molecule has 4 heteroatoms. The normalized spacial score (nSPS) is 12.1. The van der Waals surface area contributed by atoms with Gasteiger partial charge in [-0.1, -0.05) is 60.7 Å². The lowest BCUT2D eigenvalue weighted by molar-refractivity contribution is 0.572. The van der Waals surface area contributed by atoms with E-state index in [0.717, 1.165) is 60.2 Å². The Kier molecular flexibility index (Phi) is 3.51. The molecule has 3 aromatic heterocycles. The number of hydrogen-bond donors (Lipinski definition) is 0. The lowest BCUT2D eigenvalue weighted by Crippen LogP contribution is -2.01. The maximum Gasteiger partial charge on any atom is 0.344 e. The molecule has 8 aromatic rings. The van der Waals surface area contributed by atoms with Gasteiger partial charge in [-0.05, 0) is 47.9 Å². The van der Waals surface area contributed by atoms with E-state index in [1.807, 2.05) is 60.7 Å². The third kappa shape index (κ3) is 2.43. The average molecular weight is 451 g/mol. The molecule has 35 heavy (non-hydrogen) atoms. The summed E-state index contributed by atoms with van der Waals surface area (Å²) in [6, 6.07) is 34.4. The maximum atomic E-state index is 13.0. The number of hydrogen-bond acceptors (Lipinski definition) is 3. The Morgan fingerprint density at radius 2 is 1.20 bits per heavy atom. The second-order valence-electron chi connectivity index (χ2n) is 8.90. The van der Waals surface area contributed by atoms with Crippen LogP contribution < -0.4 is 5.63 Å². The lowest BCUT2D eigenvalue weighted by atomic mass is 10.1. The van der Waals surface area contributed by atoms with Gasteiger partial charge in [-0.25, -0.2) is 4.79 Å². The van der Waals surface area contributed by atoms with Crippen molar-refractivity contribution in [3.8, 4) is 5.69 Å². The van der Waals surface area contributed by atoms with E-state index < -0.39 is 0 Å². The number of fused-ring (bicyclic) bond motifs is 10. The molecule has 3 heterocycles. The van der Waals surface area contributed by atoms with Crippen molar-refractivity contribution < 1.29 is 8.83 Å². The molecule has 164 valence electrons. The largest absolute Gasteiger partial charge is 0.456 e. The maximum absolute atomic E-state index is 13.0. The molecule has 0 amide bonds. The summed E-state index contributed by atoms with van der Waals surface area (Å²) in [6.07, 6.45) is 0. The SMILES string of the molecule is O=c1oc2c(ccc3c4ccccc4n(-c4ccc5oc6ccccc6c5c4)c32)c2ccccc12. The van der Waals surface area contributed by atoms with Crippen molar-refractivity contribution in [2.24, 2.45) is 0 Å². The van der Waals surface area contributed by atoms with Crippen molar-refractivity contribution in [3.05, 3.63) is 114 Å². The summed E-state index contributed by atoms with van der Waals surface area (Å²) in [5.74, 6) is 0. The van der Waals surface area contributed by atoms with Gasteiger partial charge in [-0.3, -0.25) is 0 Å². The first-order chi connectivity index (χ1) is 17.3. The van der Waals surface area contributed by atoms with Gasteiger partial charge in [0.25, 0.3) is 0 Å². The number of rotatable bonds is 1. The molecule has 0 saturated heterocycles. The van der Waals surface area contributed by atoms with Crippen LogP contribution in [0, 0.1) is 0 Å². The second kappa shape index (κ2) is 6.61. The quantitative estimate of drug-likeness (QED) is 0.188. The summed E-state index contributed by atoms with van der Waals surface area (Å²) in [7, 11) is 0. The summed E-state index contributed by atoms with van der Waals surface area (Å²) < 4.78 is 14.3. The third-order valence-electron chi connectivity index (χ3n) is 7.04. The predicted molar refractivity (Wildman–Crippen MR) is 142 cm³/mol. The molecule has 0 fully saturated rings. The first kappa shape index (κ1) is 18.6. The van der Waals surface area contributed by atoms with Crippen LogP contribution in [0.2, 0.25) is 0 Å². The smallest absolute Gasteiger partial charge is 0.344 e. The van der Waals surface area contributed by atoms with Crippen LogP contribution in [0.15, 0.2) is 117 Å². The fraction of sp³-hybridized carbons (Fsp3) is 0. The van der Waals surface area contributed by atoms with Gasteiger partial charge in [0, 0.05) is 32.6 Å². The summed E-state index contributed by atoms with van der Waals surface area (Å²) in [5.41, 5.74) is 4.91. The van der Waals surface area contributed by atoms with Crippen LogP contribution >= 0.6 is 0 Å². The fourth-order valence-corrected chi connectivity index (χ4v) is 5.51. The third-order valence-corrected chi connectivity index (χ3v) is 7.04. The molecular weight excluding hydrogens is 434 g/mol. The molecule has 0 N–H and O–H groups in total. The topological polar surface area (TPSA) is 48.3 Å². The van der Waals surface area contributed by atoms with E-state index in [1.54, 1.807) is 0 Å². The molecular formula is C31H17NO3. The van der Waals surface area contributed by atoms with Crippen molar-refractivity contribution in [2.45, 2.75) is 0 Å². The zero-order valence-electron chi connectivity index (χ0n) is 18.5. The van der Waals surface area contributed by atoms with E-state index in [4.69, 9.17) is 8.83 Å². The minimum absolute atomic E-state index is 0.325. The van der Waals surface area contributed by atoms with Gasteiger partial charge < -0.3 is 13.4 Å². The van der Waals surface area contributed by atoms with E-state index in [-0.39, 0.29) is 5.63 Å². The molecule has 0 saturated carbocycles. The van der Waals surface area contributed by atoms with Gasteiger partial charge in [0.05, 0.1) is 16.4 Å². The molecule has 8 rings (SSSR count). The molecule has 4 nitrogen and oxygen atoms in total. The zero-order valence-corrected chi connectivity index (χ0v) is 18.5. The van der Waals surface area contributed by atoms with E-state index in [1.165, 1.54) is 0 Å². The van der Waals surface area contributed by atoms with Gasteiger partial charge in [0.15, 0.2) is 5.58 Å². The number of benzene rings is 5. The summed E-state index contributed by atoms with van der Waals surface area (Å²) >= 11 is 0. The van der Waals surface area contributed by atoms with E-state index in [9.17, 15) is 4.79 Å². The number of nitrogens with zero attached hydrogens (tertiary/aromatic N) is 1. The Bertz CT molecular complexity index is 2190. The number of para-hydroxylation sites is 2. The van der Waals surface area contributed by atoms with Crippen molar-refractivity contribution in [1.29, 1.82) is 0 Å². The van der Waals surface area contributed by atoms with Crippen molar-refractivity contribution in [1.82, 2.24) is 4.57 Å². The Morgan fingerprint density at radius 3 is 2.09 bits per heavy atom. The Labute approximate surface area is 198 Å². The summed E-state index contributed by atoms with van der Waals surface area (Å²) in [5, 5.41) is 6.69. The van der Waals surface area contributed by atoms with Crippen LogP contribution in [-0.4, -0.2) is 4.57 Å². The first-order valence-electron chi connectivity index (χ1n) is 11.6. The Morgan fingerprint density at radius 1 is 0.514 bits per heavy atom. The van der Waals surface area contributed by atoms with Crippen LogP contribution in [0.25, 0.3) is 71.2 Å². The monoisotopic (exact) mass is 451 g/mol. The molecule has 0 aliphatic heterocycles. The van der Waals surface area contributed by atoms with E-state index in [2.05, 4.69) is 47.0 Å². The predicted octanol–water partition coefficient (Wildman–Crippen LogP) is 7.94.